The first kappa shape index (κ1) is 23.8. The van der Waals surface area contributed by atoms with Crippen LogP contribution in [-0.2, 0) is 10.0 Å². The van der Waals surface area contributed by atoms with Crippen LogP contribution in [0.2, 0.25) is 5.02 Å². The summed E-state index contributed by atoms with van der Waals surface area (Å²) in [4.78, 5) is 13.1. The second-order valence-corrected chi connectivity index (χ2v) is 10.8. The van der Waals surface area contributed by atoms with Gasteiger partial charge in [-0.05, 0) is 81.0 Å². The monoisotopic (exact) mass is 462 g/mol. The van der Waals surface area contributed by atoms with Crippen LogP contribution in [0.15, 0.2) is 35.2 Å². The van der Waals surface area contributed by atoms with E-state index in [1.807, 2.05) is 20.8 Å². The lowest BCUT2D eigenvalue weighted by molar-refractivity contribution is 0.0939. The van der Waals surface area contributed by atoms with Crippen molar-refractivity contribution in [3.63, 3.8) is 0 Å². The van der Waals surface area contributed by atoms with Gasteiger partial charge in [-0.25, -0.2) is 8.42 Å². The minimum Gasteiger partial charge on any atom is -0.345 e. The first-order chi connectivity index (χ1) is 14.6. The number of sulfonamides is 1. The summed E-state index contributed by atoms with van der Waals surface area (Å²) in [7, 11) is -3.66. The highest BCUT2D eigenvalue weighted by molar-refractivity contribution is 7.89. The molecule has 0 aliphatic carbocycles. The van der Waals surface area contributed by atoms with Crippen LogP contribution in [0.25, 0.3) is 0 Å². The molecule has 0 spiro atoms. The van der Waals surface area contributed by atoms with Gasteiger partial charge in [-0.2, -0.15) is 4.31 Å². The Morgan fingerprint density at radius 2 is 1.58 bits per heavy atom. The summed E-state index contributed by atoms with van der Waals surface area (Å²) in [6.07, 6.45) is 3.78. The van der Waals surface area contributed by atoms with Gasteiger partial charge in [-0.1, -0.05) is 36.6 Å². The Morgan fingerprint density at radius 3 is 2.23 bits per heavy atom. The molecule has 0 radical (unpaired) electrons. The molecule has 7 heteroatoms. The summed E-state index contributed by atoms with van der Waals surface area (Å²) in [6.45, 7) is 9.06. The maximum atomic E-state index is 13.1. The normalized spacial score (nSPS) is 16.5. The number of halogens is 1. The zero-order valence-electron chi connectivity index (χ0n) is 18.7. The molecule has 31 heavy (non-hydrogen) atoms. The van der Waals surface area contributed by atoms with E-state index < -0.39 is 10.0 Å². The van der Waals surface area contributed by atoms with Crippen molar-refractivity contribution >= 4 is 27.5 Å². The first-order valence-corrected chi connectivity index (χ1v) is 12.6. The number of nitrogens with zero attached hydrogens (tertiary/aromatic N) is 1. The minimum absolute atomic E-state index is 0.110. The molecule has 0 bridgehead atoms. The summed E-state index contributed by atoms with van der Waals surface area (Å²) in [5.41, 5.74) is 4.66. The fraction of sp³-hybridized carbons (Fsp3) is 0.458. The Balaban J connectivity index is 1.86. The molecular formula is C24H31ClN2O3S. The largest absolute Gasteiger partial charge is 0.345 e. The summed E-state index contributed by atoms with van der Waals surface area (Å²) in [5.74, 6) is -0.386. The number of rotatable bonds is 5. The van der Waals surface area contributed by atoms with E-state index in [1.54, 1.807) is 0 Å². The first-order valence-electron chi connectivity index (χ1n) is 10.8. The minimum atomic E-state index is -3.66. The second-order valence-electron chi connectivity index (χ2n) is 8.45. The van der Waals surface area contributed by atoms with Crippen molar-refractivity contribution in [2.45, 2.75) is 64.3 Å². The van der Waals surface area contributed by atoms with Gasteiger partial charge in [0.05, 0.1) is 21.5 Å². The van der Waals surface area contributed by atoms with Gasteiger partial charge in [0, 0.05) is 13.1 Å². The number of benzene rings is 2. The third kappa shape index (κ3) is 5.30. The van der Waals surface area contributed by atoms with Gasteiger partial charge >= 0.3 is 0 Å². The van der Waals surface area contributed by atoms with Crippen molar-refractivity contribution in [2.75, 3.05) is 13.1 Å². The molecule has 1 heterocycles. The Hall–Kier alpha value is -1.89. The highest BCUT2D eigenvalue weighted by Crippen LogP contribution is 2.26. The van der Waals surface area contributed by atoms with Crippen LogP contribution in [0, 0.1) is 20.8 Å². The van der Waals surface area contributed by atoms with Crippen LogP contribution in [0.3, 0.4) is 0 Å². The van der Waals surface area contributed by atoms with Crippen molar-refractivity contribution in [3.8, 4) is 0 Å². The average molecular weight is 463 g/mol. The molecule has 2 aromatic carbocycles. The molecule has 1 aliphatic heterocycles. The Kier molecular flexibility index (Phi) is 7.45. The maximum absolute atomic E-state index is 13.1. The molecular weight excluding hydrogens is 432 g/mol. The molecule has 1 fully saturated rings. The summed E-state index contributed by atoms with van der Waals surface area (Å²) < 4.78 is 27.8. The molecule has 2 aromatic rings. The lowest BCUT2D eigenvalue weighted by Crippen LogP contribution is -2.32. The van der Waals surface area contributed by atoms with E-state index in [0.29, 0.717) is 13.1 Å². The summed E-state index contributed by atoms with van der Waals surface area (Å²) in [6, 6.07) is 8.32. The predicted octanol–water partition coefficient (Wildman–Crippen LogP) is 5.32. The van der Waals surface area contributed by atoms with Crippen LogP contribution in [0.4, 0.5) is 0 Å². The molecule has 1 aliphatic rings. The van der Waals surface area contributed by atoms with Gasteiger partial charge in [0.2, 0.25) is 10.0 Å². The van der Waals surface area contributed by atoms with Gasteiger partial charge in [0.15, 0.2) is 0 Å². The molecule has 3 rings (SSSR count). The van der Waals surface area contributed by atoms with Gasteiger partial charge < -0.3 is 5.32 Å². The van der Waals surface area contributed by atoms with E-state index in [-0.39, 0.29) is 27.4 Å². The van der Waals surface area contributed by atoms with Crippen LogP contribution in [0.5, 0.6) is 0 Å². The predicted molar refractivity (Wildman–Crippen MR) is 125 cm³/mol. The number of amides is 1. The fourth-order valence-corrected chi connectivity index (χ4v) is 5.82. The zero-order valence-corrected chi connectivity index (χ0v) is 20.2. The van der Waals surface area contributed by atoms with E-state index in [4.69, 9.17) is 11.6 Å². The number of carbonyl (C=O) groups is 1. The lowest BCUT2D eigenvalue weighted by Gasteiger charge is -2.21. The SMILES string of the molecule is Cc1cc(C)c([C@H](C)NC(=O)c2cc(S(=O)(=O)N3CCCCCC3)ccc2Cl)cc1C. The second kappa shape index (κ2) is 9.72. The smallest absolute Gasteiger partial charge is 0.253 e. The standard InChI is InChI=1S/C24H31ClN2O3S/c1-16-13-18(3)21(14-17(16)2)19(4)26-24(28)22-15-20(9-10-23(22)25)31(29,30)27-11-7-5-6-8-12-27/h9-10,13-15,19H,5-8,11-12H2,1-4H3,(H,26,28)/t19-/m0/s1. The van der Waals surface area contributed by atoms with Crippen molar-refractivity contribution in [3.05, 3.63) is 63.2 Å². The maximum Gasteiger partial charge on any atom is 0.253 e. The van der Waals surface area contributed by atoms with Crippen LogP contribution in [0.1, 0.15) is 71.3 Å². The molecule has 168 valence electrons. The van der Waals surface area contributed by atoms with E-state index >= 15 is 0 Å². The van der Waals surface area contributed by atoms with E-state index in [2.05, 4.69) is 24.4 Å². The summed E-state index contributed by atoms with van der Waals surface area (Å²) in [5, 5.41) is 3.21. The van der Waals surface area contributed by atoms with Crippen molar-refractivity contribution < 1.29 is 13.2 Å². The Bertz CT molecular complexity index is 1070. The van der Waals surface area contributed by atoms with Gasteiger partial charge in [0.1, 0.15) is 0 Å². The third-order valence-electron chi connectivity index (χ3n) is 6.08. The summed E-state index contributed by atoms with van der Waals surface area (Å²) >= 11 is 6.29. The molecule has 0 saturated carbocycles. The number of nitrogens with one attached hydrogen (secondary N) is 1. The molecule has 1 saturated heterocycles. The molecule has 0 aromatic heterocycles. The topological polar surface area (TPSA) is 66.5 Å². The van der Waals surface area contributed by atoms with Crippen LogP contribution >= 0.6 is 11.6 Å². The highest BCUT2D eigenvalue weighted by Gasteiger charge is 2.27. The van der Waals surface area contributed by atoms with E-state index in [1.165, 1.54) is 28.1 Å². The van der Waals surface area contributed by atoms with Gasteiger partial charge in [0.25, 0.3) is 5.91 Å². The van der Waals surface area contributed by atoms with Crippen LogP contribution < -0.4 is 5.32 Å². The Morgan fingerprint density at radius 1 is 0.968 bits per heavy atom. The van der Waals surface area contributed by atoms with Crippen molar-refractivity contribution in [1.29, 1.82) is 0 Å². The molecule has 0 unspecified atom stereocenters. The van der Waals surface area contributed by atoms with Gasteiger partial charge in [-0.15, -0.1) is 0 Å². The number of carbonyl (C=O) groups excluding carboxylic acids is 1. The van der Waals surface area contributed by atoms with E-state index in [0.717, 1.165) is 42.4 Å². The lowest BCUT2D eigenvalue weighted by atomic mass is 9.96. The number of hydrogen-bond acceptors (Lipinski definition) is 3. The molecule has 5 nitrogen and oxygen atoms in total. The van der Waals surface area contributed by atoms with E-state index in [9.17, 15) is 13.2 Å². The van der Waals surface area contributed by atoms with Gasteiger partial charge in [-0.3, -0.25) is 4.79 Å². The average Bonchev–Trinajstić information content (AvgIpc) is 3.01. The highest BCUT2D eigenvalue weighted by atomic mass is 35.5. The molecule has 1 atom stereocenters. The fourth-order valence-electron chi connectivity index (χ4n) is 4.07. The number of hydrogen-bond donors (Lipinski definition) is 1. The third-order valence-corrected chi connectivity index (χ3v) is 8.31. The molecule has 1 N–H and O–H groups in total. The van der Waals surface area contributed by atoms with Crippen molar-refractivity contribution in [2.24, 2.45) is 0 Å². The van der Waals surface area contributed by atoms with Crippen LogP contribution in [-0.4, -0.2) is 31.7 Å². The van der Waals surface area contributed by atoms with Crippen molar-refractivity contribution in [1.82, 2.24) is 9.62 Å². The molecule has 1 amide bonds. The number of aryl methyl sites for hydroxylation is 3. The Labute approximate surface area is 190 Å². The zero-order chi connectivity index (χ0) is 22.8. The quantitative estimate of drug-likeness (QED) is 0.653.